The Kier molecular flexibility index (Phi) is 2.64. The molecule has 0 spiro atoms. The molecule has 0 bridgehead atoms. The molecule has 3 heteroatoms. The first-order valence-corrected chi connectivity index (χ1v) is 1.64. The van der Waals surface area contributed by atoms with Gasteiger partial charge >= 0.3 is 5.97 Å². The van der Waals surface area contributed by atoms with E-state index in [9.17, 15) is 9.59 Å². The van der Waals surface area contributed by atoms with Crippen LogP contribution in [0.5, 0.6) is 0 Å². The highest BCUT2D eigenvalue weighted by Gasteiger charge is 1.81. The van der Waals surface area contributed by atoms with E-state index in [2.05, 4.69) is 4.74 Å². The van der Waals surface area contributed by atoms with Gasteiger partial charge in [0.15, 0.2) is 12.2 Å². The summed E-state index contributed by atoms with van der Waals surface area (Å²) >= 11 is 0. The normalized spacial score (nSPS) is 6.43. The Labute approximate surface area is 40.6 Å². The molecule has 0 saturated heterocycles. The number of carbonyl (C=O) groups is 1. The van der Waals surface area contributed by atoms with Crippen molar-refractivity contribution >= 4 is 11.9 Å². The molecule has 0 aromatic heterocycles. The fourth-order valence-corrected chi connectivity index (χ4v) is 0.107. The second-order valence-corrected chi connectivity index (χ2v) is 0.845. The smallest absolute Gasteiger partial charge is 0.308 e. The minimum Gasteiger partial charge on any atom is -0.423 e. The van der Waals surface area contributed by atoms with E-state index in [0.29, 0.717) is 6.26 Å². The molecule has 0 saturated carbocycles. The molecule has 0 rings (SSSR count). The minimum absolute atomic E-state index is 0.511. The number of esters is 1. The van der Waals surface area contributed by atoms with Crippen LogP contribution in [0.25, 0.3) is 0 Å². The lowest BCUT2D eigenvalue weighted by atomic mass is 10.8. The van der Waals surface area contributed by atoms with Gasteiger partial charge in [0.25, 0.3) is 0 Å². The summed E-state index contributed by atoms with van der Waals surface area (Å²) in [6.07, 6.45) is 0.669. The molecule has 7 heavy (non-hydrogen) atoms. The molecule has 0 aliphatic rings. The van der Waals surface area contributed by atoms with Crippen LogP contribution < -0.4 is 0 Å². The molecule has 0 aliphatic carbocycles. The molecule has 3 nitrogen and oxygen atoms in total. The highest BCUT2D eigenvalue weighted by molar-refractivity contribution is 5.67. The Morgan fingerprint density at radius 1 is 1.86 bits per heavy atom. The summed E-state index contributed by atoms with van der Waals surface area (Å²) in [5.41, 5.74) is 0. The zero-order valence-electron chi connectivity index (χ0n) is 3.80. The zero-order chi connectivity index (χ0) is 5.70. The van der Waals surface area contributed by atoms with E-state index >= 15 is 0 Å². The summed E-state index contributed by atoms with van der Waals surface area (Å²) in [5.74, 6) is 0.770. The lowest BCUT2D eigenvalue weighted by Crippen LogP contribution is -1.88. The second-order valence-electron chi connectivity index (χ2n) is 0.845. The van der Waals surface area contributed by atoms with Crippen molar-refractivity contribution in [1.82, 2.24) is 0 Å². The molecule has 0 unspecified atom stereocenters. The van der Waals surface area contributed by atoms with E-state index in [1.807, 2.05) is 0 Å². The van der Waals surface area contributed by atoms with E-state index in [0.717, 1.165) is 0 Å². The molecule has 0 heterocycles. The van der Waals surface area contributed by atoms with Gasteiger partial charge in [0.2, 0.25) is 0 Å². The lowest BCUT2D eigenvalue weighted by molar-refractivity contribution is -0.135. The molecule has 0 N–H and O–H groups in total. The summed E-state index contributed by atoms with van der Waals surface area (Å²) < 4.78 is 4.00. The van der Waals surface area contributed by atoms with Crippen molar-refractivity contribution in [2.75, 3.05) is 0 Å². The first-order valence-electron chi connectivity index (χ1n) is 1.64. The second kappa shape index (κ2) is 3.12. The van der Waals surface area contributed by atoms with Crippen LogP contribution in [0.1, 0.15) is 6.92 Å². The maximum Gasteiger partial charge on any atom is 0.308 e. The van der Waals surface area contributed by atoms with Crippen molar-refractivity contribution in [3.63, 3.8) is 0 Å². The van der Waals surface area contributed by atoms with E-state index in [1.54, 1.807) is 0 Å². The third-order valence-corrected chi connectivity index (χ3v) is 0.273. The van der Waals surface area contributed by atoms with Crippen molar-refractivity contribution in [2.45, 2.75) is 6.92 Å². The molecular weight excluding hydrogens is 96.0 g/mol. The van der Waals surface area contributed by atoms with Crippen LogP contribution in [0.2, 0.25) is 0 Å². The summed E-state index contributed by atoms with van der Waals surface area (Å²) in [4.78, 5) is 19.0. The van der Waals surface area contributed by atoms with Crippen LogP contribution in [0.3, 0.4) is 0 Å². The number of hydrogen-bond donors (Lipinski definition) is 0. The fourth-order valence-electron chi connectivity index (χ4n) is 0.107. The first-order chi connectivity index (χ1) is 3.27. The van der Waals surface area contributed by atoms with Gasteiger partial charge in [0, 0.05) is 6.92 Å². The van der Waals surface area contributed by atoms with Crippen molar-refractivity contribution < 1.29 is 14.3 Å². The van der Waals surface area contributed by atoms with Crippen molar-refractivity contribution in [1.29, 1.82) is 0 Å². The van der Waals surface area contributed by atoms with Crippen molar-refractivity contribution in [3.8, 4) is 0 Å². The van der Waals surface area contributed by atoms with Gasteiger partial charge in [0.1, 0.15) is 0 Å². The summed E-state index contributed by atoms with van der Waals surface area (Å²) in [7, 11) is 0. The topological polar surface area (TPSA) is 43.4 Å². The van der Waals surface area contributed by atoms with Crippen LogP contribution >= 0.6 is 0 Å². The third kappa shape index (κ3) is 4.92. The predicted octanol–water partition coefficient (Wildman–Crippen LogP) is -0.105. The van der Waals surface area contributed by atoms with Crippen LogP contribution in [-0.4, -0.2) is 11.9 Å². The molecular formula is C4H4O3. The average Bonchev–Trinajstić information content (AvgIpc) is 1.61. The fraction of sp³-hybridized carbons (Fsp3) is 0.250. The van der Waals surface area contributed by atoms with Gasteiger partial charge in [-0.2, -0.15) is 0 Å². The van der Waals surface area contributed by atoms with Gasteiger partial charge < -0.3 is 4.74 Å². The van der Waals surface area contributed by atoms with Gasteiger partial charge in [-0.25, -0.2) is 4.79 Å². The minimum atomic E-state index is -0.511. The monoisotopic (exact) mass is 100 g/mol. The standard InChI is InChI=1S/C4H4O3/c1-4(6)7-3-2-5/h3H,1H3. The van der Waals surface area contributed by atoms with E-state index < -0.39 is 5.97 Å². The first kappa shape index (κ1) is 5.92. The Balaban J connectivity index is 3.32. The quantitative estimate of drug-likeness (QED) is 0.262. The largest absolute Gasteiger partial charge is 0.423 e. The van der Waals surface area contributed by atoms with E-state index in [4.69, 9.17) is 0 Å². The number of ether oxygens (including phenoxy) is 1. The average molecular weight is 100 g/mol. The van der Waals surface area contributed by atoms with E-state index in [1.165, 1.54) is 12.9 Å². The van der Waals surface area contributed by atoms with Crippen molar-refractivity contribution in [2.24, 2.45) is 0 Å². The number of carbonyl (C=O) groups excluding carboxylic acids is 2. The molecule has 0 aromatic rings. The Morgan fingerprint density at radius 2 is 2.43 bits per heavy atom. The van der Waals surface area contributed by atoms with Gasteiger partial charge in [-0.15, -0.1) is 0 Å². The lowest BCUT2D eigenvalue weighted by Gasteiger charge is -1.81. The maximum atomic E-state index is 9.77. The SMILES string of the molecule is CC(=O)OC=C=O. The molecule has 0 aromatic carbocycles. The van der Waals surface area contributed by atoms with Crippen LogP contribution in [0.15, 0.2) is 6.26 Å². The maximum absolute atomic E-state index is 9.77. The van der Waals surface area contributed by atoms with Gasteiger partial charge in [-0.05, 0) is 0 Å². The molecule has 0 amide bonds. The van der Waals surface area contributed by atoms with E-state index in [-0.39, 0.29) is 0 Å². The molecule has 38 valence electrons. The molecule has 0 atom stereocenters. The predicted molar refractivity (Wildman–Crippen MR) is 22.0 cm³/mol. The summed E-state index contributed by atoms with van der Waals surface area (Å²) in [5, 5.41) is 0. The number of rotatable bonds is 1. The highest BCUT2D eigenvalue weighted by atomic mass is 16.5. The third-order valence-electron chi connectivity index (χ3n) is 0.273. The van der Waals surface area contributed by atoms with Gasteiger partial charge in [-0.1, -0.05) is 0 Å². The molecule has 0 fully saturated rings. The zero-order valence-corrected chi connectivity index (χ0v) is 3.80. The van der Waals surface area contributed by atoms with Gasteiger partial charge in [0.05, 0.1) is 0 Å². The van der Waals surface area contributed by atoms with Crippen LogP contribution in [0, 0.1) is 0 Å². The Hall–Kier alpha value is -1.08. The number of hydrogen-bond acceptors (Lipinski definition) is 3. The highest BCUT2D eigenvalue weighted by Crippen LogP contribution is 1.69. The summed E-state index contributed by atoms with van der Waals surface area (Å²) in [6, 6.07) is 0. The molecule has 0 radical (unpaired) electrons. The van der Waals surface area contributed by atoms with Crippen molar-refractivity contribution in [3.05, 3.63) is 6.26 Å². The van der Waals surface area contributed by atoms with Gasteiger partial charge in [-0.3, -0.25) is 4.79 Å². The Morgan fingerprint density at radius 3 is 2.57 bits per heavy atom. The summed E-state index contributed by atoms with van der Waals surface area (Å²) in [6.45, 7) is 1.20. The Bertz CT molecular complexity index is 110. The van der Waals surface area contributed by atoms with Crippen LogP contribution in [-0.2, 0) is 14.3 Å². The molecule has 0 aliphatic heterocycles. The van der Waals surface area contributed by atoms with Crippen LogP contribution in [0.4, 0.5) is 0 Å².